The van der Waals surface area contributed by atoms with Crippen LogP contribution in [0.3, 0.4) is 0 Å². The van der Waals surface area contributed by atoms with E-state index in [9.17, 15) is 9.59 Å². The molecule has 2 heterocycles. The van der Waals surface area contributed by atoms with E-state index in [4.69, 9.17) is 10.5 Å². The Morgan fingerprint density at radius 1 is 1.38 bits per heavy atom. The first kappa shape index (κ1) is 18.0. The maximum atomic E-state index is 12.3. The van der Waals surface area contributed by atoms with Crippen molar-refractivity contribution in [2.24, 2.45) is 11.7 Å². The van der Waals surface area contributed by atoms with E-state index < -0.39 is 12.1 Å². The third kappa shape index (κ3) is 4.82. The number of hydrogen-bond acceptors (Lipinski definition) is 5. The number of urea groups is 1. The van der Waals surface area contributed by atoms with Crippen LogP contribution in [0, 0.1) is 5.92 Å². The van der Waals surface area contributed by atoms with Crippen molar-refractivity contribution < 1.29 is 14.3 Å². The van der Waals surface area contributed by atoms with E-state index >= 15 is 0 Å². The monoisotopic (exact) mass is 335 g/mol. The summed E-state index contributed by atoms with van der Waals surface area (Å²) in [4.78, 5) is 30.0. The lowest BCUT2D eigenvalue weighted by atomic mass is 10.0. The summed E-state index contributed by atoms with van der Waals surface area (Å²) in [6.45, 7) is 6.92. The summed E-state index contributed by atoms with van der Waals surface area (Å²) in [5.41, 5.74) is 6.06. The molecular weight excluding hydrogens is 310 g/mol. The van der Waals surface area contributed by atoms with Crippen LogP contribution in [0.4, 0.5) is 10.6 Å². The highest BCUT2D eigenvalue weighted by molar-refractivity contribution is 5.86. The molecule has 0 spiro atoms. The quantitative estimate of drug-likeness (QED) is 0.689. The molecule has 1 aromatic heterocycles. The van der Waals surface area contributed by atoms with Crippen LogP contribution in [0.5, 0.6) is 0 Å². The lowest BCUT2D eigenvalue weighted by molar-refractivity contribution is -0.124. The number of pyridine rings is 1. The number of hydrogen-bond donors (Lipinski definition) is 3. The number of primary amides is 1. The molecule has 1 fully saturated rings. The van der Waals surface area contributed by atoms with Crippen LogP contribution in [0.15, 0.2) is 18.3 Å². The molecule has 0 saturated carbocycles. The first-order chi connectivity index (χ1) is 11.5. The maximum absolute atomic E-state index is 12.3. The molecule has 1 aromatic rings. The van der Waals surface area contributed by atoms with Crippen molar-refractivity contribution in [3.63, 3.8) is 0 Å². The van der Waals surface area contributed by atoms with Crippen LogP contribution in [0.25, 0.3) is 0 Å². The Bertz CT molecular complexity index is 573. The van der Waals surface area contributed by atoms with Gasteiger partial charge in [0.05, 0.1) is 13.2 Å². The second kappa shape index (κ2) is 8.49. The highest BCUT2D eigenvalue weighted by Gasteiger charge is 2.23. The van der Waals surface area contributed by atoms with E-state index in [2.05, 4.69) is 20.5 Å². The minimum absolute atomic E-state index is 0.0647. The molecule has 1 aliphatic heterocycles. The van der Waals surface area contributed by atoms with Gasteiger partial charge in [-0.25, -0.2) is 9.78 Å². The summed E-state index contributed by atoms with van der Waals surface area (Å²) in [6, 6.07) is 2.40. The largest absolute Gasteiger partial charge is 0.378 e. The molecular formula is C16H25N5O3. The Morgan fingerprint density at radius 3 is 2.71 bits per heavy atom. The third-order valence-electron chi connectivity index (χ3n) is 3.88. The van der Waals surface area contributed by atoms with Crippen LogP contribution in [-0.4, -0.2) is 49.3 Å². The molecule has 1 aliphatic rings. The third-order valence-corrected chi connectivity index (χ3v) is 3.88. The lowest BCUT2D eigenvalue weighted by Crippen LogP contribution is -2.51. The van der Waals surface area contributed by atoms with Crippen molar-refractivity contribution in [2.45, 2.75) is 26.4 Å². The molecule has 132 valence electrons. The van der Waals surface area contributed by atoms with E-state index in [1.54, 1.807) is 6.20 Å². The number of nitrogens with one attached hydrogen (secondary N) is 2. The predicted octanol–water partition coefficient (Wildman–Crippen LogP) is 0.227. The predicted molar refractivity (Wildman–Crippen MR) is 90.5 cm³/mol. The molecule has 0 aromatic carbocycles. The smallest absolute Gasteiger partial charge is 0.312 e. The number of nitrogens with two attached hydrogens (primary N) is 1. The zero-order valence-electron chi connectivity index (χ0n) is 14.1. The number of amides is 3. The summed E-state index contributed by atoms with van der Waals surface area (Å²) >= 11 is 0. The number of nitrogens with zero attached hydrogens (tertiary/aromatic N) is 2. The van der Waals surface area contributed by atoms with Crippen molar-refractivity contribution in [3.05, 3.63) is 23.9 Å². The Labute approximate surface area is 141 Å². The first-order valence-electron chi connectivity index (χ1n) is 8.09. The molecule has 1 atom stereocenters. The van der Waals surface area contributed by atoms with E-state index in [1.165, 1.54) is 0 Å². The van der Waals surface area contributed by atoms with Crippen molar-refractivity contribution in [3.8, 4) is 0 Å². The molecule has 1 saturated heterocycles. The Kier molecular flexibility index (Phi) is 6.36. The standard InChI is InChI=1S/C16H25N5O3/c1-11(2)13(20-16(17)23)15(22)19-10-12-4-3-5-18-14(12)21-6-8-24-9-7-21/h3-5,11,13H,6-10H2,1-2H3,(H,19,22)(H3,17,20,23)/t13-/m1/s1. The Hall–Kier alpha value is -2.35. The SMILES string of the molecule is CC(C)[C@@H](NC(N)=O)C(=O)NCc1cccnc1N1CCOCC1. The summed E-state index contributed by atoms with van der Waals surface area (Å²) in [5.74, 6) is 0.524. The average molecular weight is 335 g/mol. The number of ether oxygens (including phenoxy) is 1. The van der Waals surface area contributed by atoms with Gasteiger partial charge in [-0.15, -0.1) is 0 Å². The fourth-order valence-electron chi connectivity index (χ4n) is 2.61. The zero-order chi connectivity index (χ0) is 17.5. The first-order valence-corrected chi connectivity index (χ1v) is 8.09. The highest BCUT2D eigenvalue weighted by atomic mass is 16.5. The van der Waals surface area contributed by atoms with Crippen LogP contribution in [-0.2, 0) is 16.1 Å². The fraction of sp³-hybridized carbons (Fsp3) is 0.562. The van der Waals surface area contributed by atoms with Gasteiger partial charge in [0.1, 0.15) is 11.9 Å². The fourth-order valence-corrected chi connectivity index (χ4v) is 2.61. The Balaban J connectivity index is 2.03. The van der Waals surface area contributed by atoms with E-state index in [0.717, 1.165) is 24.5 Å². The van der Waals surface area contributed by atoms with Crippen molar-refractivity contribution in [1.29, 1.82) is 0 Å². The molecule has 24 heavy (non-hydrogen) atoms. The molecule has 8 nitrogen and oxygen atoms in total. The maximum Gasteiger partial charge on any atom is 0.312 e. The number of morpholine rings is 1. The van der Waals surface area contributed by atoms with Gasteiger partial charge < -0.3 is 26.0 Å². The van der Waals surface area contributed by atoms with Gasteiger partial charge in [-0.3, -0.25) is 4.79 Å². The lowest BCUT2D eigenvalue weighted by Gasteiger charge is -2.29. The summed E-state index contributed by atoms with van der Waals surface area (Å²) in [7, 11) is 0. The number of carbonyl (C=O) groups is 2. The number of rotatable bonds is 6. The Morgan fingerprint density at radius 2 is 2.08 bits per heavy atom. The van der Waals surface area contributed by atoms with Gasteiger partial charge in [0.15, 0.2) is 0 Å². The summed E-state index contributed by atoms with van der Waals surface area (Å²) in [5, 5.41) is 5.34. The summed E-state index contributed by atoms with van der Waals surface area (Å²) < 4.78 is 5.36. The van der Waals surface area contributed by atoms with Gasteiger partial charge >= 0.3 is 6.03 Å². The highest BCUT2D eigenvalue weighted by Crippen LogP contribution is 2.18. The molecule has 0 bridgehead atoms. The topological polar surface area (TPSA) is 110 Å². The van der Waals surface area contributed by atoms with Crippen LogP contribution >= 0.6 is 0 Å². The molecule has 3 amide bonds. The van der Waals surface area contributed by atoms with Crippen molar-refractivity contribution in [2.75, 3.05) is 31.2 Å². The number of anilines is 1. The normalized spacial score (nSPS) is 15.9. The molecule has 4 N–H and O–H groups in total. The molecule has 0 unspecified atom stereocenters. The minimum Gasteiger partial charge on any atom is -0.378 e. The number of carbonyl (C=O) groups excluding carboxylic acids is 2. The van der Waals surface area contributed by atoms with Gasteiger partial charge in [-0.2, -0.15) is 0 Å². The van der Waals surface area contributed by atoms with Gasteiger partial charge in [0, 0.05) is 31.4 Å². The van der Waals surface area contributed by atoms with Crippen LogP contribution in [0.1, 0.15) is 19.4 Å². The van der Waals surface area contributed by atoms with E-state index in [-0.39, 0.29) is 11.8 Å². The van der Waals surface area contributed by atoms with Gasteiger partial charge in [-0.1, -0.05) is 19.9 Å². The van der Waals surface area contributed by atoms with Gasteiger partial charge in [0.2, 0.25) is 5.91 Å². The zero-order valence-corrected chi connectivity index (χ0v) is 14.1. The number of aromatic nitrogens is 1. The van der Waals surface area contributed by atoms with Gasteiger partial charge in [0.25, 0.3) is 0 Å². The van der Waals surface area contributed by atoms with Crippen molar-refractivity contribution >= 4 is 17.8 Å². The molecule has 0 radical (unpaired) electrons. The van der Waals surface area contributed by atoms with Crippen molar-refractivity contribution in [1.82, 2.24) is 15.6 Å². The second-order valence-corrected chi connectivity index (χ2v) is 6.03. The molecule has 2 rings (SSSR count). The van der Waals surface area contributed by atoms with E-state index in [0.29, 0.717) is 19.8 Å². The molecule has 8 heteroatoms. The summed E-state index contributed by atoms with van der Waals surface area (Å²) in [6.07, 6.45) is 1.74. The second-order valence-electron chi connectivity index (χ2n) is 6.03. The minimum atomic E-state index is -0.709. The average Bonchev–Trinajstić information content (AvgIpc) is 2.58. The van der Waals surface area contributed by atoms with Crippen LogP contribution in [0.2, 0.25) is 0 Å². The van der Waals surface area contributed by atoms with E-state index in [1.807, 2.05) is 26.0 Å². The van der Waals surface area contributed by atoms with Crippen LogP contribution < -0.4 is 21.3 Å². The van der Waals surface area contributed by atoms with Gasteiger partial charge in [-0.05, 0) is 12.0 Å². The molecule has 0 aliphatic carbocycles.